The SMILES string of the molecule is CCC1(CNC(=NC)NCC2CN3CCCC3CO2)CCC1.I. The van der Waals surface area contributed by atoms with E-state index in [-0.39, 0.29) is 30.1 Å². The highest BCUT2D eigenvalue weighted by molar-refractivity contribution is 14.0. The Hall–Kier alpha value is -0.0800. The summed E-state index contributed by atoms with van der Waals surface area (Å²) in [6.45, 7) is 7.41. The highest BCUT2D eigenvalue weighted by Gasteiger charge is 2.35. The number of guanidine groups is 1. The Balaban J connectivity index is 0.00000192. The van der Waals surface area contributed by atoms with Crippen LogP contribution in [0.4, 0.5) is 0 Å². The number of rotatable bonds is 5. The van der Waals surface area contributed by atoms with Gasteiger partial charge in [0.05, 0.1) is 12.7 Å². The largest absolute Gasteiger partial charge is 0.373 e. The Morgan fingerprint density at radius 1 is 1.30 bits per heavy atom. The summed E-state index contributed by atoms with van der Waals surface area (Å²) >= 11 is 0. The Morgan fingerprint density at radius 2 is 2.13 bits per heavy atom. The molecule has 2 N–H and O–H groups in total. The summed E-state index contributed by atoms with van der Waals surface area (Å²) in [5.74, 6) is 0.923. The molecule has 3 aliphatic rings. The molecule has 1 saturated carbocycles. The van der Waals surface area contributed by atoms with Crippen LogP contribution in [0.15, 0.2) is 4.99 Å². The van der Waals surface area contributed by atoms with Gasteiger partial charge in [0, 0.05) is 32.7 Å². The zero-order chi connectivity index (χ0) is 15.4. The van der Waals surface area contributed by atoms with Crippen molar-refractivity contribution >= 4 is 29.9 Å². The van der Waals surface area contributed by atoms with Crippen LogP contribution in [0.5, 0.6) is 0 Å². The van der Waals surface area contributed by atoms with Crippen molar-refractivity contribution < 1.29 is 4.74 Å². The first kappa shape index (κ1) is 19.2. The lowest BCUT2D eigenvalue weighted by Crippen LogP contribution is -2.52. The summed E-state index contributed by atoms with van der Waals surface area (Å²) in [5.41, 5.74) is 0.516. The van der Waals surface area contributed by atoms with Crippen LogP contribution < -0.4 is 10.6 Å². The fraction of sp³-hybridized carbons (Fsp3) is 0.941. The lowest BCUT2D eigenvalue weighted by Gasteiger charge is -2.41. The summed E-state index contributed by atoms with van der Waals surface area (Å²) in [6, 6.07) is 0.678. The number of hydrogen-bond acceptors (Lipinski definition) is 3. The van der Waals surface area contributed by atoms with Crippen LogP contribution in [0.25, 0.3) is 0 Å². The predicted molar refractivity (Wildman–Crippen MR) is 106 cm³/mol. The number of nitrogens with zero attached hydrogens (tertiary/aromatic N) is 2. The normalized spacial score (nSPS) is 30.1. The van der Waals surface area contributed by atoms with Crippen LogP contribution in [-0.4, -0.2) is 62.8 Å². The third-order valence-electron chi connectivity index (χ3n) is 5.98. The second-order valence-electron chi connectivity index (χ2n) is 7.26. The Morgan fingerprint density at radius 3 is 2.78 bits per heavy atom. The number of halogens is 1. The molecule has 134 valence electrons. The van der Waals surface area contributed by atoms with Gasteiger partial charge < -0.3 is 15.4 Å². The van der Waals surface area contributed by atoms with Gasteiger partial charge in [-0.2, -0.15) is 0 Å². The molecule has 6 heteroatoms. The van der Waals surface area contributed by atoms with E-state index in [1.807, 2.05) is 7.05 Å². The van der Waals surface area contributed by atoms with Crippen molar-refractivity contribution in [3.63, 3.8) is 0 Å². The molecule has 5 nitrogen and oxygen atoms in total. The van der Waals surface area contributed by atoms with Gasteiger partial charge in [0.15, 0.2) is 5.96 Å². The van der Waals surface area contributed by atoms with E-state index in [9.17, 15) is 0 Å². The van der Waals surface area contributed by atoms with Crippen molar-refractivity contribution in [1.82, 2.24) is 15.5 Å². The maximum atomic E-state index is 6.00. The third-order valence-corrected chi connectivity index (χ3v) is 5.98. The highest BCUT2D eigenvalue weighted by atomic mass is 127. The number of hydrogen-bond donors (Lipinski definition) is 2. The molecule has 0 aromatic rings. The fourth-order valence-electron chi connectivity index (χ4n) is 4.04. The monoisotopic (exact) mass is 436 g/mol. The van der Waals surface area contributed by atoms with Gasteiger partial charge in [-0.15, -0.1) is 24.0 Å². The van der Waals surface area contributed by atoms with E-state index in [1.165, 1.54) is 45.1 Å². The molecule has 0 spiro atoms. The number of fused-ring (bicyclic) bond motifs is 1. The minimum absolute atomic E-state index is 0. The van der Waals surface area contributed by atoms with Crippen molar-refractivity contribution in [1.29, 1.82) is 0 Å². The minimum Gasteiger partial charge on any atom is -0.373 e. The molecule has 2 atom stereocenters. The summed E-state index contributed by atoms with van der Waals surface area (Å²) in [5, 5.41) is 6.97. The van der Waals surface area contributed by atoms with E-state index >= 15 is 0 Å². The Labute approximate surface area is 158 Å². The number of nitrogens with one attached hydrogen (secondary N) is 2. The second kappa shape index (κ2) is 8.85. The van der Waals surface area contributed by atoms with Crippen LogP contribution in [0.2, 0.25) is 0 Å². The molecule has 2 heterocycles. The number of morpholine rings is 1. The van der Waals surface area contributed by atoms with Gasteiger partial charge in [-0.3, -0.25) is 9.89 Å². The van der Waals surface area contributed by atoms with E-state index in [0.29, 0.717) is 11.5 Å². The van der Waals surface area contributed by atoms with E-state index in [0.717, 1.165) is 32.2 Å². The van der Waals surface area contributed by atoms with E-state index in [4.69, 9.17) is 4.74 Å². The molecule has 23 heavy (non-hydrogen) atoms. The molecule has 0 amide bonds. The molecular formula is C17H33IN4O. The second-order valence-corrected chi connectivity index (χ2v) is 7.26. The molecule has 2 aliphatic heterocycles. The average molecular weight is 436 g/mol. The predicted octanol–water partition coefficient (Wildman–Crippen LogP) is 2.21. The van der Waals surface area contributed by atoms with Crippen molar-refractivity contribution in [2.24, 2.45) is 10.4 Å². The fourth-order valence-corrected chi connectivity index (χ4v) is 4.04. The lowest BCUT2D eigenvalue weighted by molar-refractivity contribution is -0.0453. The molecule has 2 unspecified atom stereocenters. The van der Waals surface area contributed by atoms with Crippen molar-refractivity contribution in [3.8, 4) is 0 Å². The van der Waals surface area contributed by atoms with Crippen LogP contribution in [-0.2, 0) is 4.74 Å². The van der Waals surface area contributed by atoms with Crippen LogP contribution >= 0.6 is 24.0 Å². The van der Waals surface area contributed by atoms with Gasteiger partial charge in [0.1, 0.15) is 0 Å². The van der Waals surface area contributed by atoms with E-state index < -0.39 is 0 Å². The van der Waals surface area contributed by atoms with E-state index in [1.54, 1.807) is 0 Å². The van der Waals surface area contributed by atoms with Gasteiger partial charge in [0.2, 0.25) is 0 Å². The van der Waals surface area contributed by atoms with E-state index in [2.05, 4.69) is 27.4 Å². The first-order chi connectivity index (χ1) is 10.7. The standard InChI is InChI=1S/C17H32N4O.HI/c1-3-17(7-5-8-17)13-20-16(18-2)19-10-15-11-21-9-4-6-14(21)12-22-15;/h14-15H,3-13H2,1-2H3,(H2,18,19,20);1H. The van der Waals surface area contributed by atoms with Crippen molar-refractivity contribution in [3.05, 3.63) is 0 Å². The summed E-state index contributed by atoms with van der Waals surface area (Å²) in [6.07, 6.45) is 8.29. The van der Waals surface area contributed by atoms with Gasteiger partial charge in [-0.1, -0.05) is 13.3 Å². The highest BCUT2D eigenvalue weighted by Crippen LogP contribution is 2.42. The maximum absolute atomic E-state index is 6.00. The van der Waals surface area contributed by atoms with Gasteiger partial charge in [0.25, 0.3) is 0 Å². The zero-order valence-electron chi connectivity index (χ0n) is 14.6. The molecule has 0 radical (unpaired) electrons. The quantitative estimate of drug-likeness (QED) is 0.394. The van der Waals surface area contributed by atoms with Crippen LogP contribution in [0, 0.1) is 5.41 Å². The van der Waals surface area contributed by atoms with Crippen molar-refractivity contribution in [2.45, 2.75) is 57.6 Å². The topological polar surface area (TPSA) is 48.9 Å². The van der Waals surface area contributed by atoms with Gasteiger partial charge >= 0.3 is 0 Å². The first-order valence-corrected chi connectivity index (χ1v) is 9.05. The summed E-state index contributed by atoms with van der Waals surface area (Å²) in [4.78, 5) is 6.95. The minimum atomic E-state index is 0. The van der Waals surface area contributed by atoms with Crippen LogP contribution in [0.3, 0.4) is 0 Å². The van der Waals surface area contributed by atoms with Gasteiger partial charge in [-0.05, 0) is 44.1 Å². The molecule has 3 rings (SSSR count). The molecule has 0 aromatic carbocycles. The number of ether oxygens (including phenoxy) is 1. The summed E-state index contributed by atoms with van der Waals surface area (Å²) < 4.78 is 6.00. The first-order valence-electron chi connectivity index (χ1n) is 9.05. The Bertz CT molecular complexity index is 395. The molecule has 3 fully saturated rings. The molecule has 0 bridgehead atoms. The van der Waals surface area contributed by atoms with Crippen molar-refractivity contribution in [2.75, 3.05) is 39.8 Å². The van der Waals surface area contributed by atoms with Gasteiger partial charge in [-0.25, -0.2) is 0 Å². The lowest BCUT2D eigenvalue weighted by atomic mass is 9.67. The zero-order valence-corrected chi connectivity index (χ0v) is 17.0. The molecule has 0 aromatic heterocycles. The smallest absolute Gasteiger partial charge is 0.191 e. The Kier molecular flexibility index (Phi) is 7.41. The molecule has 2 saturated heterocycles. The summed E-state index contributed by atoms with van der Waals surface area (Å²) in [7, 11) is 1.85. The third kappa shape index (κ3) is 4.72. The molecule has 1 aliphatic carbocycles. The van der Waals surface area contributed by atoms with Crippen LogP contribution in [0.1, 0.15) is 45.4 Å². The number of aliphatic imine (C=N–C) groups is 1. The average Bonchev–Trinajstić information content (AvgIpc) is 2.97. The maximum Gasteiger partial charge on any atom is 0.191 e. The molecular weight excluding hydrogens is 403 g/mol.